The molecule has 68 valence electrons. The van der Waals surface area contributed by atoms with Gasteiger partial charge in [-0.15, -0.1) is 6.58 Å². The largest absolute Gasteiger partial charge is 0.469 e. The highest BCUT2D eigenvalue weighted by Gasteiger charge is 2.04. The van der Waals surface area contributed by atoms with Gasteiger partial charge in [-0.05, 0) is 12.3 Å². The molecule has 0 aromatic heterocycles. The van der Waals surface area contributed by atoms with E-state index in [1.165, 1.54) is 7.11 Å². The van der Waals surface area contributed by atoms with Crippen LogP contribution < -0.4 is 0 Å². The predicted molar refractivity (Wildman–Crippen MR) is 49.8 cm³/mol. The number of ether oxygens (including phenoxy) is 1. The maximum Gasteiger partial charge on any atom is 0.306 e. The average molecular weight is 168 g/mol. The summed E-state index contributed by atoms with van der Waals surface area (Å²) in [5.41, 5.74) is 0. The number of rotatable bonds is 5. The Morgan fingerprint density at radius 1 is 1.67 bits per heavy atom. The minimum absolute atomic E-state index is 0.161. The molecule has 0 amide bonds. The fraction of sp³-hybridized carbons (Fsp3) is 0.500. The molecule has 0 aromatic carbocycles. The van der Waals surface area contributed by atoms with E-state index in [1.807, 2.05) is 25.2 Å². The lowest BCUT2D eigenvalue weighted by Crippen LogP contribution is -2.04. The Balaban J connectivity index is 3.64. The van der Waals surface area contributed by atoms with E-state index >= 15 is 0 Å². The zero-order valence-electron chi connectivity index (χ0n) is 7.75. The minimum Gasteiger partial charge on any atom is -0.469 e. The van der Waals surface area contributed by atoms with Crippen LogP contribution in [0.5, 0.6) is 0 Å². The highest BCUT2D eigenvalue weighted by atomic mass is 16.5. The first-order chi connectivity index (χ1) is 5.70. The highest BCUT2D eigenvalue weighted by Crippen LogP contribution is 2.05. The molecule has 0 rings (SSSR count). The van der Waals surface area contributed by atoms with Crippen molar-refractivity contribution in [1.82, 2.24) is 0 Å². The number of esters is 1. The second-order valence-corrected chi connectivity index (χ2v) is 2.71. The van der Waals surface area contributed by atoms with Gasteiger partial charge in [0.25, 0.3) is 0 Å². The van der Waals surface area contributed by atoms with Gasteiger partial charge in [-0.25, -0.2) is 0 Å². The second-order valence-electron chi connectivity index (χ2n) is 2.71. The van der Waals surface area contributed by atoms with Crippen molar-refractivity contribution in [2.75, 3.05) is 7.11 Å². The standard InChI is InChI=1S/C10H16O2/c1-4-5-6-7-9(2)8-10(11)12-3/h4,6-7,9H,1,5,8H2,2-3H3. The van der Waals surface area contributed by atoms with E-state index in [4.69, 9.17) is 0 Å². The summed E-state index contributed by atoms with van der Waals surface area (Å²) in [4.78, 5) is 10.8. The molecule has 2 nitrogen and oxygen atoms in total. The summed E-state index contributed by atoms with van der Waals surface area (Å²) >= 11 is 0. The third-order valence-electron chi connectivity index (χ3n) is 1.48. The van der Waals surface area contributed by atoms with Gasteiger partial charge in [-0.2, -0.15) is 0 Å². The molecule has 0 aliphatic heterocycles. The monoisotopic (exact) mass is 168 g/mol. The Hall–Kier alpha value is -1.05. The number of carbonyl (C=O) groups excluding carboxylic acids is 1. The molecule has 2 heteroatoms. The molecule has 0 radical (unpaired) electrons. The van der Waals surface area contributed by atoms with Crippen LogP contribution in [0.4, 0.5) is 0 Å². The molecule has 1 unspecified atom stereocenters. The summed E-state index contributed by atoms with van der Waals surface area (Å²) in [5.74, 6) is 0.0863. The lowest BCUT2D eigenvalue weighted by Gasteiger charge is -2.02. The van der Waals surface area contributed by atoms with E-state index in [1.54, 1.807) is 0 Å². The molecule has 0 heterocycles. The number of methoxy groups -OCH3 is 1. The van der Waals surface area contributed by atoms with Crippen molar-refractivity contribution in [3.05, 3.63) is 24.8 Å². The van der Waals surface area contributed by atoms with Crippen molar-refractivity contribution in [2.45, 2.75) is 19.8 Å². The number of allylic oxidation sites excluding steroid dienone is 3. The maximum atomic E-state index is 10.8. The molecule has 1 atom stereocenters. The van der Waals surface area contributed by atoms with Crippen LogP contribution in [-0.4, -0.2) is 13.1 Å². The van der Waals surface area contributed by atoms with Gasteiger partial charge in [0, 0.05) is 0 Å². The van der Waals surface area contributed by atoms with Crippen LogP contribution in [0.25, 0.3) is 0 Å². The Bertz CT molecular complexity index is 171. The average Bonchev–Trinajstić information content (AvgIpc) is 2.05. The summed E-state index contributed by atoms with van der Waals surface area (Å²) in [6, 6.07) is 0. The summed E-state index contributed by atoms with van der Waals surface area (Å²) in [6.07, 6.45) is 7.12. The topological polar surface area (TPSA) is 26.3 Å². The Kier molecular flexibility index (Phi) is 6.07. The van der Waals surface area contributed by atoms with Crippen LogP contribution in [0.2, 0.25) is 0 Å². The molecule has 0 aliphatic carbocycles. The van der Waals surface area contributed by atoms with E-state index in [0.717, 1.165) is 6.42 Å². The third-order valence-corrected chi connectivity index (χ3v) is 1.48. The zero-order valence-corrected chi connectivity index (χ0v) is 7.75. The summed E-state index contributed by atoms with van der Waals surface area (Å²) in [6.45, 7) is 5.57. The molecular weight excluding hydrogens is 152 g/mol. The molecule has 0 spiro atoms. The molecule has 0 aromatic rings. The van der Waals surface area contributed by atoms with E-state index in [9.17, 15) is 4.79 Å². The molecule has 12 heavy (non-hydrogen) atoms. The van der Waals surface area contributed by atoms with E-state index in [0.29, 0.717) is 6.42 Å². The third kappa shape index (κ3) is 5.71. The summed E-state index contributed by atoms with van der Waals surface area (Å²) in [7, 11) is 1.41. The Morgan fingerprint density at radius 3 is 2.83 bits per heavy atom. The quantitative estimate of drug-likeness (QED) is 0.465. The van der Waals surface area contributed by atoms with Gasteiger partial charge in [0.05, 0.1) is 13.5 Å². The molecule has 0 N–H and O–H groups in total. The predicted octanol–water partition coefficient (Wildman–Crippen LogP) is 2.32. The molecule has 0 aliphatic rings. The van der Waals surface area contributed by atoms with E-state index in [2.05, 4.69) is 11.3 Å². The van der Waals surface area contributed by atoms with Crippen LogP contribution in [0.3, 0.4) is 0 Å². The number of carbonyl (C=O) groups is 1. The molecule has 0 saturated heterocycles. The van der Waals surface area contributed by atoms with Crippen LogP contribution in [0, 0.1) is 5.92 Å². The van der Waals surface area contributed by atoms with Gasteiger partial charge < -0.3 is 4.74 Å². The van der Waals surface area contributed by atoms with Gasteiger partial charge in [0.1, 0.15) is 0 Å². The van der Waals surface area contributed by atoms with E-state index in [-0.39, 0.29) is 11.9 Å². The van der Waals surface area contributed by atoms with Gasteiger partial charge in [0.2, 0.25) is 0 Å². The lowest BCUT2D eigenvalue weighted by atomic mass is 10.1. The summed E-state index contributed by atoms with van der Waals surface area (Å²) < 4.78 is 4.53. The lowest BCUT2D eigenvalue weighted by molar-refractivity contribution is -0.141. The van der Waals surface area contributed by atoms with Gasteiger partial charge in [0.15, 0.2) is 0 Å². The van der Waals surface area contributed by atoms with Crippen molar-refractivity contribution < 1.29 is 9.53 Å². The number of hydrogen-bond donors (Lipinski definition) is 0. The van der Waals surface area contributed by atoms with Crippen molar-refractivity contribution in [3.8, 4) is 0 Å². The van der Waals surface area contributed by atoms with Crippen LogP contribution in [0.1, 0.15) is 19.8 Å². The first-order valence-corrected chi connectivity index (χ1v) is 4.05. The Morgan fingerprint density at radius 2 is 2.33 bits per heavy atom. The molecule has 0 saturated carbocycles. The second kappa shape index (κ2) is 6.65. The van der Waals surface area contributed by atoms with Crippen LogP contribution >= 0.6 is 0 Å². The molecule has 0 fully saturated rings. The van der Waals surface area contributed by atoms with Crippen molar-refractivity contribution >= 4 is 5.97 Å². The van der Waals surface area contributed by atoms with Crippen molar-refractivity contribution in [2.24, 2.45) is 5.92 Å². The highest BCUT2D eigenvalue weighted by molar-refractivity contribution is 5.69. The first-order valence-electron chi connectivity index (χ1n) is 4.05. The van der Waals surface area contributed by atoms with Crippen LogP contribution in [-0.2, 0) is 9.53 Å². The SMILES string of the molecule is C=CCC=CC(C)CC(=O)OC. The fourth-order valence-corrected chi connectivity index (χ4v) is 0.821. The van der Waals surface area contributed by atoms with Gasteiger partial charge in [-0.3, -0.25) is 4.79 Å². The number of hydrogen-bond acceptors (Lipinski definition) is 2. The molecule has 0 bridgehead atoms. The zero-order chi connectivity index (χ0) is 9.40. The van der Waals surface area contributed by atoms with E-state index < -0.39 is 0 Å². The fourth-order valence-electron chi connectivity index (χ4n) is 0.821. The van der Waals surface area contributed by atoms with Gasteiger partial charge in [-0.1, -0.05) is 25.2 Å². The van der Waals surface area contributed by atoms with Gasteiger partial charge >= 0.3 is 5.97 Å². The normalized spacial score (nSPS) is 12.8. The molecular formula is C10H16O2. The Labute approximate surface area is 73.9 Å². The maximum absolute atomic E-state index is 10.8. The first kappa shape index (κ1) is 11.0. The van der Waals surface area contributed by atoms with Crippen LogP contribution in [0.15, 0.2) is 24.8 Å². The summed E-state index contributed by atoms with van der Waals surface area (Å²) in [5, 5.41) is 0. The van der Waals surface area contributed by atoms with Crippen molar-refractivity contribution in [3.63, 3.8) is 0 Å². The smallest absolute Gasteiger partial charge is 0.306 e. The van der Waals surface area contributed by atoms with Crippen molar-refractivity contribution in [1.29, 1.82) is 0 Å². The minimum atomic E-state index is -0.161.